The summed E-state index contributed by atoms with van der Waals surface area (Å²) in [5, 5.41) is 2.25. The zero-order valence-corrected chi connectivity index (χ0v) is 10.5. The molecular weight excluding hydrogens is 267 g/mol. The van der Waals surface area contributed by atoms with Crippen LogP contribution in [0.5, 0.6) is 0 Å². The van der Waals surface area contributed by atoms with Crippen molar-refractivity contribution in [3.8, 4) is 0 Å². The Morgan fingerprint density at radius 1 is 0.895 bits per heavy atom. The molecule has 0 aliphatic heterocycles. The van der Waals surface area contributed by atoms with E-state index in [0.29, 0.717) is 0 Å². The van der Waals surface area contributed by atoms with Crippen molar-refractivity contribution in [2.75, 3.05) is 18.4 Å². The molecular formula is C12H15F5N2. The predicted octanol–water partition coefficient (Wildman–Crippen LogP) is 3.02. The molecule has 0 heterocycles. The maximum atomic E-state index is 13.3. The summed E-state index contributed by atoms with van der Waals surface area (Å²) < 4.78 is 65.4. The van der Waals surface area contributed by atoms with Crippen LogP contribution in [0.2, 0.25) is 0 Å². The predicted molar refractivity (Wildman–Crippen MR) is 62.1 cm³/mol. The van der Waals surface area contributed by atoms with E-state index in [2.05, 4.69) is 5.32 Å². The Hall–Kier alpha value is -1.37. The molecule has 7 heteroatoms. The Kier molecular flexibility index (Phi) is 5.11. The Morgan fingerprint density at radius 3 is 1.68 bits per heavy atom. The molecule has 0 bridgehead atoms. The van der Waals surface area contributed by atoms with E-state index >= 15 is 0 Å². The number of hydrogen-bond acceptors (Lipinski definition) is 2. The summed E-state index contributed by atoms with van der Waals surface area (Å²) in [6.45, 7) is 3.95. The second kappa shape index (κ2) is 6.18. The summed E-state index contributed by atoms with van der Waals surface area (Å²) in [7, 11) is 0. The summed E-state index contributed by atoms with van der Waals surface area (Å²) in [6, 6.07) is 0. The van der Waals surface area contributed by atoms with E-state index in [0.717, 1.165) is 0 Å². The number of anilines is 1. The lowest BCUT2D eigenvalue weighted by molar-refractivity contribution is 0.378. The van der Waals surface area contributed by atoms with Gasteiger partial charge in [-0.2, -0.15) is 0 Å². The largest absolute Gasteiger partial charge is 0.380 e. The molecule has 1 aromatic carbocycles. The van der Waals surface area contributed by atoms with E-state index in [1.165, 1.54) is 0 Å². The summed E-state index contributed by atoms with van der Waals surface area (Å²) in [5.74, 6) is -9.86. The Morgan fingerprint density at radius 2 is 1.32 bits per heavy atom. The standard InChI is InChI=1S/C12H15F5N2/c1-5(2)6(3-18)4-19-12-10(16)8(14)7(13)9(15)11(12)17/h5-6,19H,3-4,18H2,1-2H3. The van der Waals surface area contributed by atoms with Crippen LogP contribution in [0, 0.1) is 40.9 Å². The molecule has 1 aromatic rings. The van der Waals surface area contributed by atoms with E-state index < -0.39 is 34.8 Å². The molecule has 0 aliphatic rings. The molecule has 2 nitrogen and oxygen atoms in total. The Labute approximate surface area is 107 Å². The molecule has 0 radical (unpaired) electrons. The first-order chi connectivity index (χ1) is 8.81. The Bertz CT molecular complexity index is 433. The van der Waals surface area contributed by atoms with E-state index in [4.69, 9.17) is 5.73 Å². The van der Waals surface area contributed by atoms with Gasteiger partial charge in [0.2, 0.25) is 5.82 Å². The highest BCUT2D eigenvalue weighted by Gasteiger charge is 2.26. The van der Waals surface area contributed by atoms with Gasteiger partial charge in [-0.3, -0.25) is 0 Å². The van der Waals surface area contributed by atoms with Crippen molar-refractivity contribution in [3.05, 3.63) is 29.1 Å². The lowest BCUT2D eigenvalue weighted by Gasteiger charge is -2.20. The van der Waals surface area contributed by atoms with Gasteiger partial charge >= 0.3 is 0 Å². The van der Waals surface area contributed by atoms with E-state index in [1.807, 2.05) is 13.8 Å². The van der Waals surface area contributed by atoms with Gasteiger partial charge in [0.05, 0.1) is 0 Å². The first-order valence-corrected chi connectivity index (χ1v) is 5.76. The lowest BCUT2D eigenvalue weighted by atomic mass is 9.96. The smallest absolute Gasteiger partial charge is 0.200 e. The van der Waals surface area contributed by atoms with Crippen LogP contribution in [0.3, 0.4) is 0 Å². The highest BCUT2D eigenvalue weighted by Crippen LogP contribution is 2.27. The molecule has 0 saturated carbocycles. The molecule has 0 spiro atoms. The van der Waals surface area contributed by atoms with Crippen molar-refractivity contribution in [3.63, 3.8) is 0 Å². The van der Waals surface area contributed by atoms with Crippen LogP contribution in [0.15, 0.2) is 0 Å². The third-order valence-corrected chi connectivity index (χ3v) is 3.00. The van der Waals surface area contributed by atoms with Crippen LogP contribution in [0.4, 0.5) is 27.6 Å². The maximum Gasteiger partial charge on any atom is 0.200 e. The SMILES string of the molecule is CC(C)C(CN)CNc1c(F)c(F)c(F)c(F)c1F. The van der Waals surface area contributed by atoms with Crippen LogP contribution in [0.25, 0.3) is 0 Å². The number of hydrogen-bond donors (Lipinski definition) is 2. The van der Waals surface area contributed by atoms with Gasteiger partial charge in [0.1, 0.15) is 5.69 Å². The zero-order valence-electron chi connectivity index (χ0n) is 10.5. The molecule has 0 amide bonds. The summed E-state index contributed by atoms with van der Waals surface area (Å²) in [6.07, 6.45) is 0. The summed E-state index contributed by atoms with van der Waals surface area (Å²) in [5.41, 5.74) is 4.44. The first-order valence-electron chi connectivity index (χ1n) is 5.76. The van der Waals surface area contributed by atoms with Crippen molar-refractivity contribution in [1.82, 2.24) is 0 Å². The molecule has 108 valence electrons. The first kappa shape index (κ1) is 15.7. The molecule has 1 unspecified atom stereocenters. The molecule has 1 atom stereocenters. The van der Waals surface area contributed by atoms with Crippen molar-refractivity contribution in [2.45, 2.75) is 13.8 Å². The van der Waals surface area contributed by atoms with Crippen molar-refractivity contribution >= 4 is 5.69 Å². The third-order valence-electron chi connectivity index (χ3n) is 3.00. The maximum absolute atomic E-state index is 13.3. The number of halogens is 5. The molecule has 0 aromatic heterocycles. The molecule has 0 aliphatic carbocycles. The topological polar surface area (TPSA) is 38.0 Å². The quantitative estimate of drug-likeness (QED) is 0.495. The average Bonchev–Trinajstić information content (AvgIpc) is 2.38. The fourth-order valence-corrected chi connectivity index (χ4v) is 1.58. The second-order valence-electron chi connectivity index (χ2n) is 4.57. The fraction of sp³-hybridized carbons (Fsp3) is 0.500. The van der Waals surface area contributed by atoms with E-state index in [-0.39, 0.29) is 24.9 Å². The van der Waals surface area contributed by atoms with E-state index in [1.54, 1.807) is 0 Å². The van der Waals surface area contributed by atoms with Gasteiger partial charge in [0.15, 0.2) is 23.3 Å². The van der Waals surface area contributed by atoms with Crippen molar-refractivity contribution in [1.29, 1.82) is 0 Å². The third kappa shape index (κ3) is 3.15. The van der Waals surface area contributed by atoms with Gasteiger partial charge in [0.25, 0.3) is 0 Å². The molecule has 19 heavy (non-hydrogen) atoms. The van der Waals surface area contributed by atoms with Gasteiger partial charge in [-0.05, 0) is 18.4 Å². The van der Waals surface area contributed by atoms with Crippen LogP contribution in [0.1, 0.15) is 13.8 Å². The number of nitrogens with two attached hydrogens (primary N) is 1. The van der Waals surface area contributed by atoms with Crippen molar-refractivity contribution < 1.29 is 22.0 Å². The summed E-state index contributed by atoms with van der Waals surface area (Å²) in [4.78, 5) is 0. The minimum atomic E-state index is -2.17. The average molecular weight is 282 g/mol. The molecule has 3 N–H and O–H groups in total. The zero-order chi connectivity index (χ0) is 14.7. The van der Waals surface area contributed by atoms with Crippen LogP contribution < -0.4 is 11.1 Å². The lowest BCUT2D eigenvalue weighted by Crippen LogP contribution is -2.28. The van der Waals surface area contributed by atoms with Gasteiger partial charge in [-0.1, -0.05) is 13.8 Å². The van der Waals surface area contributed by atoms with Crippen molar-refractivity contribution in [2.24, 2.45) is 17.6 Å². The highest BCUT2D eigenvalue weighted by atomic mass is 19.2. The fourth-order valence-electron chi connectivity index (χ4n) is 1.58. The number of benzene rings is 1. The Balaban J connectivity index is 3.02. The van der Waals surface area contributed by atoms with Crippen LogP contribution in [-0.2, 0) is 0 Å². The van der Waals surface area contributed by atoms with Gasteiger partial charge in [-0.15, -0.1) is 0 Å². The summed E-state index contributed by atoms with van der Waals surface area (Å²) >= 11 is 0. The van der Waals surface area contributed by atoms with Gasteiger partial charge in [0, 0.05) is 6.54 Å². The normalized spacial score (nSPS) is 12.9. The molecule has 0 fully saturated rings. The molecule has 1 rings (SSSR count). The monoisotopic (exact) mass is 282 g/mol. The molecule has 0 saturated heterocycles. The number of rotatable bonds is 5. The van der Waals surface area contributed by atoms with Crippen LogP contribution >= 0.6 is 0 Å². The second-order valence-corrected chi connectivity index (χ2v) is 4.57. The minimum Gasteiger partial charge on any atom is -0.380 e. The minimum absolute atomic E-state index is 0.0204. The van der Waals surface area contributed by atoms with Crippen LogP contribution in [-0.4, -0.2) is 13.1 Å². The number of nitrogens with one attached hydrogen (secondary N) is 1. The highest BCUT2D eigenvalue weighted by molar-refractivity contribution is 5.47. The van der Waals surface area contributed by atoms with Gasteiger partial charge < -0.3 is 11.1 Å². The van der Waals surface area contributed by atoms with E-state index in [9.17, 15) is 22.0 Å². The van der Waals surface area contributed by atoms with Gasteiger partial charge in [-0.25, -0.2) is 22.0 Å².